The average Bonchev–Trinajstić information content (AvgIpc) is 2.27. The van der Waals surface area contributed by atoms with Gasteiger partial charge in [0.2, 0.25) is 0 Å². The Labute approximate surface area is 105 Å². The van der Waals surface area contributed by atoms with Crippen LogP contribution in [-0.2, 0) is 0 Å². The summed E-state index contributed by atoms with van der Waals surface area (Å²) in [5.41, 5.74) is 7.90. The highest BCUT2D eigenvalue weighted by atomic mass is 15.0. The van der Waals surface area contributed by atoms with Crippen molar-refractivity contribution in [3.8, 4) is 6.07 Å². The SMILES string of the molecule is Cc1nc(N)cc(Nc2cccc(C)c2C#N)n1. The van der Waals surface area contributed by atoms with Crippen LogP contribution in [0.15, 0.2) is 24.3 Å². The number of aryl methyl sites for hydroxylation is 2. The fraction of sp³-hybridized carbons (Fsp3) is 0.154. The summed E-state index contributed by atoms with van der Waals surface area (Å²) >= 11 is 0. The van der Waals surface area contributed by atoms with E-state index in [-0.39, 0.29) is 0 Å². The number of nitrogen functional groups attached to an aromatic ring is 1. The summed E-state index contributed by atoms with van der Waals surface area (Å²) in [4.78, 5) is 8.22. The quantitative estimate of drug-likeness (QED) is 0.839. The normalized spacial score (nSPS) is 9.83. The van der Waals surface area contributed by atoms with Gasteiger partial charge >= 0.3 is 0 Å². The Bertz CT molecular complexity index is 608. The number of anilines is 3. The van der Waals surface area contributed by atoms with E-state index in [1.54, 1.807) is 13.0 Å². The number of benzene rings is 1. The van der Waals surface area contributed by atoms with Gasteiger partial charge in [0.05, 0.1) is 11.3 Å². The third-order valence-electron chi connectivity index (χ3n) is 2.51. The Morgan fingerprint density at radius 1 is 1.28 bits per heavy atom. The molecule has 0 atom stereocenters. The van der Waals surface area contributed by atoms with Crippen molar-refractivity contribution in [2.75, 3.05) is 11.1 Å². The molecule has 3 N–H and O–H groups in total. The van der Waals surface area contributed by atoms with Crippen molar-refractivity contribution < 1.29 is 0 Å². The molecule has 90 valence electrons. The first-order valence-electron chi connectivity index (χ1n) is 5.48. The van der Waals surface area contributed by atoms with Gasteiger partial charge in [0.1, 0.15) is 23.5 Å². The third kappa shape index (κ3) is 2.38. The molecule has 0 unspecified atom stereocenters. The average molecular weight is 239 g/mol. The van der Waals surface area contributed by atoms with Crippen LogP contribution in [0.25, 0.3) is 0 Å². The Kier molecular flexibility index (Phi) is 3.11. The van der Waals surface area contributed by atoms with Crippen LogP contribution in [0.1, 0.15) is 17.0 Å². The standard InChI is InChI=1S/C13H13N5/c1-8-4-3-5-11(10(8)7-14)18-13-6-12(15)16-9(2)17-13/h3-6H,1-2H3,(H3,15,16,17,18). The Hall–Kier alpha value is -2.61. The topological polar surface area (TPSA) is 87.6 Å². The van der Waals surface area contributed by atoms with E-state index in [2.05, 4.69) is 21.4 Å². The van der Waals surface area contributed by atoms with Gasteiger partial charge in [-0.1, -0.05) is 12.1 Å². The Balaban J connectivity index is 2.40. The lowest BCUT2D eigenvalue weighted by molar-refractivity contribution is 1.06. The van der Waals surface area contributed by atoms with Gasteiger partial charge in [-0.05, 0) is 25.5 Å². The number of nitriles is 1. The minimum atomic E-state index is 0.399. The van der Waals surface area contributed by atoms with Crippen molar-refractivity contribution >= 4 is 17.3 Å². The molecule has 5 heteroatoms. The molecule has 0 saturated heterocycles. The smallest absolute Gasteiger partial charge is 0.136 e. The zero-order valence-electron chi connectivity index (χ0n) is 10.2. The molecule has 0 bridgehead atoms. The van der Waals surface area contributed by atoms with Gasteiger partial charge in [0.25, 0.3) is 0 Å². The lowest BCUT2D eigenvalue weighted by atomic mass is 10.1. The predicted molar refractivity (Wildman–Crippen MR) is 70.4 cm³/mol. The second-order valence-corrected chi connectivity index (χ2v) is 3.96. The van der Waals surface area contributed by atoms with Gasteiger partial charge in [-0.3, -0.25) is 0 Å². The van der Waals surface area contributed by atoms with Crippen molar-refractivity contribution in [1.29, 1.82) is 5.26 Å². The van der Waals surface area contributed by atoms with Crippen molar-refractivity contribution in [2.45, 2.75) is 13.8 Å². The highest BCUT2D eigenvalue weighted by molar-refractivity contribution is 5.67. The maximum absolute atomic E-state index is 9.14. The molecule has 0 radical (unpaired) electrons. The minimum absolute atomic E-state index is 0.399. The number of hydrogen-bond donors (Lipinski definition) is 2. The molecule has 0 aliphatic carbocycles. The summed E-state index contributed by atoms with van der Waals surface area (Å²) in [6, 6.07) is 9.42. The number of nitrogens with zero attached hydrogens (tertiary/aromatic N) is 3. The molecule has 5 nitrogen and oxygen atoms in total. The second-order valence-electron chi connectivity index (χ2n) is 3.96. The number of hydrogen-bond acceptors (Lipinski definition) is 5. The van der Waals surface area contributed by atoms with Crippen molar-refractivity contribution in [1.82, 2.24) is 9.97 Å². The molecule has 0 amide bonds. The first-order valence-corrected chi connectivity index (χ1v) is 5.48. The van der Waals surface area contributed by atoms with E-state index in [9.17, 15) is 0 Å². The minimum Gasteiger partial charge on any atom is -0.384 e. The number of nitrogens with two attached hydrogens (primary N) is 1. The predicted octanol–water partition coefficient (Wildman–Crippen LogP) is 2.29. The van der Waals surface area contributed by atoms with Crippen molar-refractivity contribution in [3.63, 3.8) is 0 Å². The van der Waals surface area contributed by atoms with Gasteiger partial charge < -0.3 is 11.1 Å². The summed E-state index contributed by atoms with van der Waals surface area (Å²) in [6.07, 6.45) is 0. The summed E-state index contributed by atoms with van der Waals surface area (Å²) < 4.78 is 0. The maximum Gasteiger partial charge on any atom is 0.136 e. The van der Waals surface area contributed by atoms with Gasteiger partial charge in [0.15, 0.2) is 0 Å². The van der Waals surface area contributed by atoms with Gasteiger partial charge in [0, 0.05) is 6.07 Å². The first-order chi connectivity index (χ1) is 8.60. The number of nitrogens with one attached hydrogen (secondary N) is 1. The second kappa shape index (κ2) is 4.72. The molecular weight excluding hydrogens is 226 g/mol. The van der Waals surface area contributed by atoms with E-state index in [1.165, 1.54) is 0 Å². The van der Waals surface area contributed by atoms with Crippen LogP contribution >= 0.6 is 0 Å². The van der Waals surface area contributed by atoms with Gasteiger partial charge in [-0.25, -0.2) is 9.97 Å². The largest absolute Gasteiger partial charge is 0.384 e. The van der Waals surface area contributed by atoms with Crippen LogP contribution < -0.4 is 11.1 Å². The Morgan fingerprint density at radius 2 is 2.06 bits per heavy atom. The van der Waals surface area contributed by atoms with Gasteiger partial charge in [-0.2, -0.15) is 5.26 Å². The van der Waals surface area contributed by atoms with E-state index in [4.69, 9.17) is 11.0 Å². The van der Waals surface area contributed by atoms with E-state index in [0.29, 0.717) is 23.0 Å². The molecular formula is C13H13N5. The molecule has 1 heterocycles. The van der Waals surface area contributed by atoms with Crippen LogP contribution in [-0.4, -0.2) is 9.97 Å². The summed E-state index contributed by atoms with van der Waals surface area (Å²) in [5.74, 6) is 1.57. The molecule has 1 aromatic heterocycles. The molecule has 0 fully saturated rings. The van der Waals surface area contributed by atoms with Gasteiger partial charge in [-0.15, -0.1) is 0 Å². The molecule has 0 aliphatic heterocycles. The zero-order valence-corrected chi connectivity index (χ0v) is 10.2. The molecule has 0 spiro atoms. The summed E-state index contributed by atoms with van der Waals surface area (Å²) in [7, 11) is 0. The van der Waals surface area contributed by atoms with Crippen LogP contribution in [0, 0.1) is 25.2 Å². The monoisotopic (exact) mass is 239 g/mol. The van der Waals surface area contributed by atoms with E-state index in [1.807, 2.05) is 25.1 Å². The van der Waals surface area contributed by atoms with Crippen LogP contribution in [0.5, 0.6) is 0 Å². The first kappa shape index (κ1) is 11.9. The zero-order chi connectivity index (χ0) is 13.1. The highest BCUT2D eigenvalue weighted by Gasteiger charge is 2.06. The molecule has 2 aromatic rings. The molecule has 0 saturated carbocycles. The molecule has 1 aromatic carbocycles. The molecule has 0 aliphatic rings. The van der Waals surface area contributed by atoms with Crippen molar-refractivity contribution in [2.24, 2.45) is 0 Å². The third-order valence-corrected chi connectivity index (χ3v) is 2.51. The van der Waals surface area contributed by atoms with Crippen LogP contribution in [0.2, 0.25) is 0 Å². The number of aromatic nitrogens is 2. The summed E-state index contributed by atoms with van der Waals surface area (Å²) in [6.45, 7) is 3.66. The van der Waals surface area contributed by atoms with Crippen molar-refractivity contribution in [3.05, 3.63) is 41.2 Å². The number of rotatable bonds is 2. The maximum atomic E-state index is 9.14. The highest BCUT2D eigenvalue weighted by Crippen LogP contribution is 2.22. The van der Waals surface area contributed by atoms with E-state index >= 15 is 0 Å². The van der Waals surface area contributed by atoms with E-state index in [0.717, 1.165) is 11.3 Å². The summed E-state index contributed by atoms with van der Waals surface area (Å²) in [5, 5.41) is 12.2. The lowest BCUT2D eigenvalue weighted by Crippen LogP contribution is -2.02. The molecule has 2 rings (SSSR count). The fourth-order valence-electron chi connectivity index (χ4n) is 1.71. The van der Waals surface area contributed by atoms with Crippen LogP contribution in [0.3, 0.4) is 0 Å². The lowest BCUT2D eigenvalue weighted by Gasteiger charge is -2.09. The van der Waals surface area contributed by atoms with Crippen LogP contribution in [0.4, 0.5) is 17.3 Å². The fourth-order valence-corrected chi connectivity index (χ4v) is 1.71. The Morgan fingerprint density at radius 3 is 2.72 bits per heavy atom. The molecule has 18 heavy (non-hydrogen) atoms. The van der Waals surface area contributed by atoms with E-state index < -0.39 is 0 Å².